The van der Waals surface area contributed by atoms with Crippen LogP contribution >= 0.6 is 11.6 Å². The van der Waals surface area contributed by atoms with E-state index < -0.39 is 10.0 Å². The lowest BCUT2D eigenvalue weighted by molar-refractivity contribution is 0.160. The number of hydrogen-bond acceptors (Lipinski definition) is 3. The maximum atomic E-state index is 13.1. The highest BCUT2D eigenvalue weighted by Gasteiger charge is 2.36. The fourth-order valence-corrected chi connectivity index (χ4v) is 4.80. The quantitative estimate of drug-likeness (QED) is 0.854. The van der Waals surface area contributed by atoms with Gasteiger partial charge in [0.1, 0.15) is 0 Å². The SMILES string of the molecule is CN1CCN(S(=O)(=O)c2cccc(Cl)c2)C(c2ccccc2)C1. The highest BCUT2D eigenvalue weighted by atomic mass is 35.5. The van der Waals surface area contributed by atoms with E-state index in [2.05, 4.69) is 4.90 Å². The summed E-state index contributed by atoms with van der Waals surface area (Å²) in [5.74, 6) is 0. The van der Waals surface area contributed by atoms with Crippen LogP contribution in [0.1, 0.15) is 11.6 Å². The number of rotatable bonds is 3. The van der Waals surface area contributed by atoms with Gasteiger partial charge in [-0.25, -0.2) is 8.42 Å². The third-order valence-corrected chi connectivity index (χ3v) is 6.26. The maximum absolute atomic E-state index is 13.1. The van der Waals surface area contributed by atoms with Crippen molar-refractivity contribution in [1.82, 2.24) is 9.21 Å². The lowest BCUT2D eigenvalue weighted by atomic mass is 10.1. The van der Waals surface area contributed by atoms with E-state index in [1.165, 1.54) is 6.07 Å². The van der Waals surface area contributed by atoms with Crippen LogP contribution in [0.3, 0.4) is 0 Å². The molecule has 0 aromatic heterocycles. The zero-order valence-electron chi connectivity index (χ0n) is 12.9. The number of likely N-dealkylation sites (N-methyl/N-ethyl adjacent to an activating group) is 1. The summed E-state index contributed by atoms with van der Waals surface area (Å²) >= 11 is 5.98. The van der Waals surface area contributed by atoms with Crippen LogP contribution in [0.2, 0.25) is 5.02 Å². The van der Waals surface area contributed by atoms with Crippen LogP contribution in [0.4, 0.5) is 0 Å². The third kappa shape index (κ3) is 3.43. The fourth-order valence-electron chi connectivity index (χ4n) is 2.90. The average molecular weight is 351 g/mol. The van der Waals surface area contributed by atoms with Gasteiger partial charge in [0.2, 0.25) is 10.0 Å². The van der Waals surface area contributed by atoms with Crippen molar-refractivity contribution in [1.29, 1.82) is 0 Å². The van der Waals surface area contributed by atoms with E-state index in [9.17, 15) is 8.42 Å². The molecule has 0 amide bonds. The molecular formula is C17H19ClN2O2S. The first-order valence-electron chi connectivity index (χ1n) is 7.49. The third-order valence-electron chi connectivity index (χ3n) is 4.12. The van der Waals surface area contributed by atoms with Gasteiger partial charge in [0.25, 0.3) is 0 Å². The summed E-state index contributed by atoms with van der Waals surface area (Å²) in [5.41, 5.74) is 1.00. The van der Waals surface area contributed by atoms with E-state index in [1.807, 2.05) is 37.4 Å². The largest absolute Gasteiger partial charge is 0.303 e. The number of hydrogen-bond donors (Lipinski definition) is 0. The van der Waals surface area contributed by atoms with Gasteiger partial charge in [0.05, 0.1) is 10.9 Å². The zero-order chi connectivity index (χ0) is 16.4. The van der Waals surface area contributed by atoms with Crippen molar-refractivity contribution in [2.45, 2.75) is 10.9 Å². The Morgan fingerprint density at radius 1 is 1.04 bits per heavy atom. The van der Waals surface area contributed by atoms with Crippen LogP contribution in [0.25, 0.3) is 0 Å². The molecule has 2 aromatic carbocycles. The first-order valence-corrected chi connectivity index (χ1v) is 9.31. The first-order chi connectivity index (χ1) is 11.0. The zero-order valence-corrected chi connectivity index (χ0v) is 14.5. The second-order valence-corrected chi connectivity index (χ2v) is 8.09. The first kappa shape index (κ1) is 16.5. The molecule has 1 aliphatic heterocycles. The van der Waals surface area contributed by atoms with E-state index in [0.29, 0.717) is 24.7 Å². The minimum atomic E-state index is -3.58. The molecule has 0 N–H and O–H groups in total. The summed E-state index contributed by atoms with van der Waals surface area (Å²) in [7, 11) is -1.57. The molecule has 0 bridgehead atoms. The van der Waals surface area contributed by atoms with Crippen LogP contribution in [-0.2, 0) is 10.0 Å². The molecule has 23 heavy (non-hydrogen) atoms. The molecule has 3 rings (SSSR count). The predicted octanol–water partition coefficient (Wildman–Crippen LogP) is 3.02. The standard InChI is InChI=1S/C17H19ClN2O2S/c1-19-10-11-20(17(13-19)14-6-3-2-4-7-14)23(21,22)16-9-5-8-15(18)12-16/h2-9,12,17H,10-11,13H2,1H3. The second-order valence-electron chi connectivity index (χ2n) is 5.76. The Hall–Kier alpha value is -1.40. The van der Waals surface area contributed by atoms with Crippen molar-refractivity contribution in [3.63, 3.8) is 0 Å². The number of sulfonamides is 1. The fraction of sp³-hybridized carbons (Fsp3) is 0.294. The molecule has 122 valence electrons. The van der Waals surface area contributed by atoms with Gasteiger partial charge in [-0.3, -0.25) is 0 Å². The molecule has 1 unspecified atom stereocenters. The molecule has 1 fully saturated rings. The number of piperazine rings is 1. The molecule has 6 heteroatoms. The molecule has 4 nitrogen and oxygen atoms in total. The Bertz CT molecular complexity index is 780. The summed E-state index contributed by atoms with van der Waals surface area (Å²) < 4.78 is 27.7. The monoisotopic (exact) mass is 350 g/mol. The van der Waals surface area contributed by atoms with Crippen LogP contribution in [-0.4, -0.2) is 44.3 Å². The van der Waals surface area contributed by atoms with E-state index >= 15 is 0 Å². The minimum Gasteiger partial charge on any atom is -0.303 e. The lowest BCUT2D eigenvalue weighted by Gasteiger charge is -2.39. The minimum absolute atomic E-state index is 0.195. The Morgan fingerprint density at radius 2 is 1.78 bits per heavy atom. The van der Waals surface area contributed by atoms with Crippen LogP contribution in [0.15, 0.2) is 59.5 Å². The van der Waals surface area contributed by atoms with Crippen molar-refractivity contribution in [3.05, 3.63) is 65.2 Å². The van der Waals surface area contributed by atoms with E-state index in [0.717, 1.165) is 5.56 Å². The van der Waals surface area contributed by atoms with E-state index in [4.69, 9.17) is 11.6 Å². The van der Waals surface area contributed by atoms with Crippen molar-refractivity contribution < 1.29 is 8.42 Å². The topological polar surface area (TPSA) is 40.6 Å². The van der Waals surface area contributed by atoms with Crippen LogP contribution < -0.4 is 0 Å². The van der Waals surface area contributed by atoms with Crippen LogP contribution in [0.5, 0.6) is 0 Å². The number of halogens is 1. The molecular weight excluding hydrogens is 332 g/mol. The molecule has 0 saturated carbocycles. The highest BCUT2D eigenvalue weighted by Crippen LogP contribution is 2.31. The van der Waals surface area contributed by atoms with Gasteiger partial charge in [0.15, 0.2) is 0 Å². The Kier molecular flexibility index (Phi) is 4.73. The maximum Gasteiger partial charge on any atom is 0.243 e. The van der Waals surface area contributed by atoms with Crippen molar-refractivity contribution in [3.8, 4) is 0 Å². The summed E-state index contributed by atoms with van der Waals surface area (Å²) in [6.07, 6.45) is 0. The lowest BCUT2D eigenvalue weighted by Crippen LogP contribution is -2.49. The van der Waals surface area contributed by atoms with Crippen LogP contribution in [0, 0.1) is 0 Å². The molecule has 1 heterocycles. The molecule has 1 atom stereocenters. The van der Waals surface area contributed by atoms with Crippen molar-refractivity contribution in [2.75, 3.05) is 26.7 Å². The smallest absolute Gasteiger partial charge is 0.243 e. The average Bonchev–Trinajstić information content (AvgIpc) is 2.55. The molecule has 0 aliphatic carbocycles. The van der Waals surface area contributed by atoms with E-state index in [1.54, 1.807) is 22.5 Å². The van der Waals surface area contributed by atoms with Gasteiger partial charge in [-0.05, 0) is 30.8 Å². The van der Waals surface area contributed by atoms with Gasteiger partial charge < -0.3 is 4.90 Å². The molecule has 0 spiro atoms. The number of nitrogens with zero attached hydrogens (tertiary/aromatic N) is 2. The molecule has 1 aliphatic rings. The predicted molar refractivity (Wildman–Crippen MR) is 92.0 cm³/mol. The van der Waals surface area contributed by atoms with Crippen molar-refractivity contribution >= 4 is 21.6 Å². The normalized spacial score (nSPS) is 20.5. The van der Waals surface area contributed by atoms with Gasteiger partial charge in [-0.1, -0.05) is 48.0 Å². The highest BCUT2D eigenvalue weighted by molar-refractivity contribution is 7.89. The van der Waals surface area contributed by atoms with Gasteiger partial charge in [-0.2, -0.15) is 4.31 Å². The summed E-state index contributed by atoms with van der Waals surface area (Å²) in [6, 6.07) is 16.0. The molecule has 1 saturated heterocycles. The molecule has 2 aromatic rings. The molecule has 0 radical (unpaired) electrons. The Morgan fingerprint density at radius 3 is 2.48 bits per heavy atom. The summed E-state index contributed by atoms with van der Waals surface area (Å²) in [4.78, 5) is 2.40. The summed E-state index contributed by atoms with van der Waals surface area (Å²) in [5, 5.41) is 0.427. The second kappa shape index (κ2) is 6.61. The Labute approximate surface area is 142 Å². The van der Waals surface area contributed by atoms with Gasteiger partial charge in [0, 0.05) is 24.7 Å². The number of benzene rings is 2. The van der Waals surface area contributed by atoms with E-state index in [-0.39, 0.29) is 10.9 Å². The van der Waals surface area contributed by atoms with Crippen molar-refractivity contribution in [2.24, 2.45) is 0 Å². The van der Waals surface area contributed by atoms with Gasteiger partial charge in [-0.15, -0.1) is 0 Å². The summed E-state index contributed by atoms with van der Waals surface area (Å²) in [6.45, 7) is 1.85. The Balaban J connectivity index is 2.01. The van der Waals surface area contributed by atoms with Gasteiger partial charge >= 0.3 is 0 Å².